The van der Waals surface area contributed by atoms with Gasteiger partial charge < -0.3 is 14.0 Å². The predicted molar refractivity (Wildman–Crippen MR) is 108 cm³/mol. The summed E-state index contributed by atoms with van der Waals surface area (Å²) in [5.74, 6) is 1.64. The Hall–Kier alpha value is -3.01. The molecule has 138 valence electrons. The maximum Gasteiger partial charge on any atom is 0.144 e. The molecule has 0 bridgehead atoms. The molecule has 2 heterocycles. The van der Waals surface area contributed by atoms with Gasteiger partial charge in [0, 0.05) is 45.8 Å². The number of allylic oxidation sites excluding steroid dienone is 1. The topological polar surface area (TPSA) is 40.5 Å². The lowest BCUT2D eigenvalue weighted by molar-refractivity contribution is -0.104. The summed E-state index contributed by atoms with van der Waals surface area (Å²) in [5, 5.41) is 1.21. The standard InChI is InChI=1S/C23H23NO3/c1-13-16-8-6-7-9-18(16)24-19(10-11-25)21-14(2)22(26-4)15(3)23(27-5)17(21)12-20(13)24/h6-11H,12H2,1-5H3/b19-10+. The molecule has 1 aliphatic rings. The summed E-state index contributed by atoms with van der Waals surface area (Å²) in [6, 6.07) is 8.32. The Kier molecular flexibility index (Phi) is 4.06. The lowest BCUT2D eigenvalue weighted by Crippen LogP contribution is -2.17. The van der Waals surface area contributed by atoms with Crippen molar-refractivity contribution in [3.63, 3.8) is 0 Å². The minimum absolute atomic E-state index is 0.751. The average molecular weight is 361 g/mol. The van der Waals surface area contributed by atoms with Crippen molar-refractivity contribution in [2.75, 3.05) is 14.2 Å². The summed E-state index contributed by atoms with van der Waals surface area (Å²) in [6.07, 6.45) is 3.26. The van der Waals surface area contributed by atoms with Gasteiger partial charge in [0.15, 0.2) is 0 Å². The van der Waals surface area contributed by atoms with Crippen LogP contribution in [0.5, 0.6) is 11.5 Å². The quantitative estimate of drug-likeness (QED) is 0.396. The molecule has 0 fully saturated rings. The molecule has 0 aliphatic carbocycles. The normalized spacial score (nSPS) is 14.2. The van der Waals surface area contributed by atoms with Crippen LogP contribution in [0.4, 0.5) is 0 Å². The molecule has 4 nitrogen and oxygen atoms in total. The molecule has 2 aromatic carbocycles. The van der Waals surface area contributed by atoms with Crippen molar-refractivity contribution in [3.8, 4) is 11.5 Å². The fourth-order valence-electron chi connectivity index (χ4n) is 4.60. The first-order chi connectivity index (χ1) is 13.0. The number of fused-ring (bicyclic) bond motifs is 4. The number of aromatic nitrogens is 1. The van der Waals surface area contributed by atoms with E-state index in [1.165, 1.54) is 16.6 Å². The number of carbonyl (C=O) groups is 1. The van der Waals surface area contributed by atoms with Gasteiger partial charge in [0.1, 0.15) is 17.8 Å². The van der Waals surface area contributed by atoms with E-state index in [9.17, 15) is 4.79 Å². The highest BCUT2D eigenvalue weighted by Gasteiger charge is 2.31. The van der Waals surface area contributed by atoms with Crippen LogP contribution in [-0.2, 0) is 11.2 Å². The van der Waals surface area contributed by atoms with Crippen LogP contribution in [-0.4, -0.2) is 25.1 Å². The molecular weight excluding hydrogens is 338 g/mol. The SMILES string of the molecule is COc1c(C)c(OC)c2c(c1C)/C(=C\C=O)n1c(c(C)c3ccccc31)C2. The number of para-hydroxylation sites is 1. The number of benzene rings is 2. The number of ether oxygens (including phenoxy) is 2. The summed E-state index contributed by atoms with van der Waals surface area (Å²) in [7, 11) is 3.37. The third-order valence-electron chi connectivity index (χ3n) is 5.70. The van der Waals surface area contributed by atoms with Crippen LogP contribution in [0.1, 0.15) is 33.5 Å². The molecule has 4 rings (SSSR count). The summed E-state index contributed by atoms with van der Waals surface area (Å²) >= 11 is 0. The number of hydrogen-bond acceptors (Lipinski definition) is 3. The second-order valence-corrected chi connectivity index (χ2v) is 6.96. The molecule has 3 aromatic rings. The molecule has 0 N–H and O–H groups in total. The number of rotatable bonds is 3. The molecule has 0 unspecified atom stereocenters. The van der Waals surface area contributed by atoms with E-state index in [-0.39, 0.29) is 0 Å². The minimum atomic E-state index is 0.751. The van der Waals surface area contributed by atoms with Crippen molar-refractivity contribution >= 4 is 22.9 Å². The second kappa shape index (κ2) is 6.31. The van der Waals surface area contributed by atoms with Gasteiger partial charge in [0.2, 0.25) is 0 Å². The zero-order valence-electron chi connectivity index (χ0n) is 16.3. The fraction of sp³-hybridized carbons (Fsp3) is 0.261. The summed E-state index contributed by atoms with van der Waals surface area (Å²) < 4.78 is 13.7. The molecule has 1 aliphatic heterocycles. The summed E-state index contributed by atoms with van der Waals surface area (Å²) in [4.78, 5) is 11.6. The van der Waals surface area contributed by atoms with Gasteiger partial charge in [-0.2, -0.15) is 0 Å². The number of methoxy groups -OCH3 is 2. The molecule has 0 saturated heterocycles. The van der Waals surface area contributed by atoms with Crippen LogP contribution >= 0.6 is 0 Å². The van der Waals surface area contributed by atoms with E-state index in [1.54, 1.807) is 20.3 Å². The molecular formula is C23H23NO3. The van der Waals surface area contributed by atoms with Crippen molar-refractivity contribution in [2.45, 2.75) is 27.2 Å². The highest BCUT2D eigenvalue weighted by Crippen LogP contribution is 2.47. The van der Waals surface area contributed by atoms with E-state index in [0.29, 0.717) is 0 Å². The molecule has 27 heavy (non-hydrogen) atoms. The molecule has 0 radical (unpaired) electrons. The Morgan fingerprint density at radius 2 is 1.67 bits per heavy atom. The van der Waals surface area contributed by atoms with Crippen LogP contribution in [0, 0.1) is 20.8 Å². The van der Waals surface area contributed by atoms with Crippen LogP contribution in [0.15, 0.2) is 30.3 Å². The van der Waals surface area contributed by atoms with E-state index < -0.39 is 0 Å². The van der Waals surface area contributed by atoms with Crippen LogP contribution < -0.4 is 9.47 Å². The number of aryl methyl sites for hydroxylation is 1. The van der Waals surface area contributed by atoms with Gasteiger partial charge in [-0.3, -0.25) is 4.79 Å². The van der Waals surface area contributed by atoms with E-state index in [4.69, 9.17) is 9.47 Å². The molecule has 0 saturated carbocycles. The molecule has 4 heteroatoms. The van der Waals surface area contributed by atoms with Crippen molar-refractivity contribution in [2.24, 2.45) is 0 Å². The molecule has 0 spiro atoms. The zero-order chi connectivity index (χ0) is 19.3. The number of hydrogen-bond donors (Lipinski definition) is 0. The first-order valence-electron chi connectivity index (χ1n) is 9.04. The van der Waals surface area contributed by atoms with Crippen LogP contribution in [0.2, 0.25) is 0 Å². The summed E-state index contributed by atoms with van der Waals surface area (Å²) in [5.41, 5.74) is 8.57. The third-order valence-corrected chi connectivity index (χ3v) is 5.70. The second-order valence-electron chi connectivity index (χ2n) is 6.96. The number of aldehydes is 1. The van der Waals surface area contributed by atoms with Crippen molar-refractivity contribution < 1.29 is 14.3 Å². The van der Waals surface area contributed by atoms with Crippen LogP contribution in [0.3, 0.4) is 0 Å². The largest absolute Gasteiger partial charge is 0.496 e. The third kappa shape index (κ3) is 2.26. The van der Waals surface area contributed by atoms with Crippen molar-refractivity contribution in [1.82, 2.24) is 4.57 Å². The van der Waals surface area contributed by atoms with Gasteiger partial charge in [0.25, 0.3) is 0 Å². The Morgan fingerprint density at radius 3 is 2.33 bits per heavy atom. The lowest BCUT2D eigenvalue weighted by Gasteiger charge is -2.29. The number of carbonyl (C=O) groups excluding carboxylic acids is 1. The fourth-order valence-corrected chi connectivity index (χ4v) is 4.60. The van der Waals surface area contributed by atoms with Crippen LogP contribution in [0.25, 0.3) is 16.6 Å². The van der Waals surface area contributed by atoms with E-state index in [0.717, 1.165) is 57.7 Å². The van der Waals surface area contributed by atoms with Gasteiger partial charge in [-0.15, -0.1) is 0 Å². The Labute approximate surface area is 159 Å². The smallest absolute Gasteiger partial charge is 0.144 e. The van der Waals surface area contributed by atoms with Crippen molar-refractivity contribution in [1.29, 1.82) is 0 Å². The lowest BCUT2D eigenvalue weighted by atomic mass is 9.88. The Bertz CT molecular complexity index is 1120. The van der Waals surface area contributed by atoms with Gasteiger partial charge in [-0.05, 0) is 32.4 Å². The van der Waals surface area contributed by atoms with Crippen molar-refractivity contribution in [3.05, 3.63) is 63.9 Å². The van der Waals surface area contributed by atoms with Gasteiger partial charge >= 0.3 is 0 Å². The first kappa shape index (κ1) is 17.4. The highest BCUT2D eigenvalue weighted by atomic mass is 16.5. The Balaban J connectivity index is 2.17. The predicted octanol–water partition coefficient (Wildman–Crippen LogP) is 4.58. The molecule has 0 amide bonds. The van der Waals surface area contributed by atoms with Gasteiger partial charge in [-0.25, -0.2) is 0 Å². The van der Waals surface area contributed by atoms with Gasteiger partial charge in [0.05, 0.1) is 25.4 Å². The zero-order valence-corrected chi connectivity index (χ0v) is 16.3. The molecule has 1 aromatic heterocycles. The minimum Gasteiger partial charge on any atom is -0.496 e. The average Bonchev–Trinajstić information content (AvgIpc) is 2.95. The Morgan fingerprint density at radius 1 is 0.963 bits per heavy atom. The molecule has 0 atom stereocenters. The number of nitrogens with zero attached hydrogens (tertiary/aromatic N) is 1. The van der Waals surface area contributed by atoms with E-state index >= 15 is 0 Å². The monoisotopic (exact) mass is 361 g/mol. The highest BCUT2D eigenvalue weighted by molar-refractivity contribution is 5.96. The maximum absolute atomic E-state index is 11.6. The van der Waals surface area contributed by atoms with E-state index in [2.05, 4.69) is 29.7 Å². The summed E-state index contributed by atoms with van der Waals surface area (Å²) in [6.45, 7) is 6.21. The van der Waals surface area contributed by atoms with Gasteiger partial charge in [-0.1, -0.05) is 18.2 Å². The first-order valence-corrected chi connectivity index (χ1v) is 9.04. The maximum atomic E-state index is 11.6. The van der Waals surface area contributed by atoms with E-state index in [1.807, 2.05) is 19.9 Å².